The van der Waals surface area contributed by atoms with Crippen molar-refractivity contribution in [2.24, 2.45) is 0 Å². The van der Waals surface area contributed by atoms with Gasteiger partial charge in [-0.3, -0.25) is 0 Å². The summed E-state index contributed by atoms with van der Waals surface area (Å²) >= 11 is 8.24. The second-order valence-electron chi connectivity index (χ2n) is 2.05. The van der Waals surface area contributed by atoms with E-state index in [1.54, 1.807) is 0 Å². The minimum absolute atomic E-state index is 0.689. The first kappa shape index (κ1) is 12.1. The van der Waals surface area contributed by atoms with Gasteiger partial charge in [-0.1, -0.05) is 0 Å². The zero-order valence-corrected chi connectivity index (χ0v) is 10.3. The first-order valence-corrected chi connectivity index (χ1v) is 7.24. The highest BCUT2D eigenvalue weighted by molar-refractivity contribution is 7.80. The summed E-state index contributed by atoms with van der Waals surface area (Å²) in [4.78, 5) is 0. The molecule has 0 aromatic rings. The molecule has 0 aromatic heterocycles. The minimum Gasteiger partial charge on any atom is -0.457 e. The fourth-order valence-electron chi connectivity index (χ4n) is 0.456. The Morgan fingerprint density at radius 2 is 1.36 bits per heavy atom. The predicted molar refractivity (Wildman–Crippen MR) is 59.1 cm³/mol. The van der Waals surface area contributed by atoms with Crippen LogP contribution in [0, 0.1) is 0 Å². The van der Waals surface area contributed by atoms with Crippen LogP contribution in [0.1, 0.15) is 12.8 Å². The fraction of sp³-hybridized carbons (Fsp3) is 1.00. The van der Waals surface area contributed by atoms with Crippen LogP contribution in [0.15, 0.2) is 0 Å². The lowest BCUT2D eigenvalue weighted by atomic mass is 10.6. The summed E-state index contributed by atoms with van der Waals surface area (Å²) in [6.45, 7) is 0. The van der Waals surface area contributed by atoms with E-state index in [1.807, 2.05) is 0 Å². The molecule has 0 atom stereocenters. The minimum atomic E-state index is 0.689. The molecule has 0 amide bonds. The molecule has 5 heteroatoms. The normalized spacial score (nSPS) is 10.4. The molecular formula is C6H14OS2Si2. The lowest BCUT2D eigenvalue weighted by molar-refractivity contribution is 0.629. The van der Waals surface area contributed by atoms with E-state index in [-0.39, 0.29) is 0 Å². The molecule has 0 N–H and O–H groups in total. The van der Waals surface area contributed by atoms with Crippen LogP contribution in [0.5, 0.6) is 0 Å². The molecule has 0 aliphatic rings. The SMILES string of the molecule is SCCC[Si]O[Si]CCCS. The van der Waals surface area contributed by atoms with Gasteiger partial charge in [0.1, 0.15) is 0 Å². The van der Waals surface area contributed by atoms with Gasteiger partial charge in [-0.15, -0.1) is 0 Å². The summed E-state index contributed by atoms with van der Waals surface area (Å²) in [5, 5.41) is 0. The lowest BCUT2D eigenvalue weighted by Gasteiger charge is -1.98. The summed E-state index contributed by atoms with van der Waals surface area (Å²) in [6, 6.07) is 2.36. The third-order valence-electron chi connectivity index (χ3n) is 1.02. The van der Waals surface area contributed by atoms with Crippen LogP contribution in [-0.2, 0) is 4.12 Å². The average molecular weight is 222 g/mol. The molecule has 0 bridgehead atoms. The van der Waals surface area contributed by atoms with Crippen LogP contribution < -0.4 is 0 Å². The zero-order valence-electron chi connectivity index (χ0n) is 6.55. The maximum absolute atomic E-state index is 5.43. The standard InChI is InChI=1S/C6H14OS2Si2/c8-3-1-5-10-7-11-6-2-4-9/h8-9H,1-6H2. The second-order valence-corrected chi connectivity index (χ2v) is 5.33. The van der Waals surface area contributed by atoms with E-state index in [0.29, 0.717) is 19.5 Å². The topological polar surface area (TPSA) is 9.23 Å². The predicted octanol–water partition coefficient (Wildman–Crippen LogP) is 1.72. The van der Waals surface area contributed by atoms with E-state index in [9.17, 15) is 0 Å². The Balaban J connectivity index is 2.69. The number of hydrogen-bond acceptors (Lipinski definition) is 3. The molecule has 0 aromatic carbocycles. The largest absolute Gasteiger partial charge is 0.457 e. The van der Waals surface area contributed by atoms with Crippen LogP contribution in [0.3, 0.4) is 0 Å². The molecule has 4 radical (unpaired) electrons. The quantitative estimate of drug-likeness (QED) is 0.361. The molecule has 0 spiro atoms. The van der Waals surface area contributed by atoms with Gasteiger partial charge in [-0.2, -0.15) is 25.3 Å². The molecule has 0 aliphatic carbocycles. The smallest absolute Gasteiger partial charge is 0.214 e. The molecule has 0 saturated carbocycles. The Morgan fingerprint density at radius 1 is 0.909 bits per heavy atom. The molecule has 0 saturated heterocycles. The first-order valence-electron chi connectivity index (χ1n) is 3.75. The molecule has 64 valence electrons. The van der Waals surface area contributed by atoms with Crippen LogP contribution in [0.4, 0.5) is 0 Å². The van der Waals surface area contributed by atoms with Gasteiger partial charge in [-0.05, 0) is 36.4 Å². The molecule has 1 nitrogen and oxygen atoms in total. The summed E-state index contributed by atoms with van der Waals surface area (Å²) in [6.07, 6.45) is 2.36. The van der Waals surface area contributed by atoms with Gasteiger partial charge in [0.15, 0.2) is 0 Å². The number of rotatable bonds is 8. The summed E-state index contributed by atoms with van der Waals surface area (Å²) in [5.41, 5.74) is 0. The van der Waals surface area contributed by atoms with Crippen molar-refractivity contribution >= 4 is 44.8 Å². The number of hydrogen-bond donors (Lipinski definition) is 2. The van der Waals surface area contributed by atoms with Crippen molar-refractivity contribution < 1.29 is 4.12 Å². The number of thiol groups is 2. The van der Waals surface area contributed by atoms with E-state index < -0.39 is 0 Å². The Bertz CT molecular complexity index is 67.6. The van der Waals surface area contributed by atoms with Crippen molar-refractivity contribution in [3.8, 4) is 0 Å². The molecule has 11 heavy (non-hydrogen) atoms. The highest BCUT2D eigenvalue weighted by atomic mass is 32.1. The maximum atomic E-state index is 5.43. The van der Waals surface area contributed by atoms with Crippen LogP contribution in [-0.4, -0.2) is 31.0 Å². The molecule has 0 fully saturated rings. The van der Waals surface area contributed by atoms with Crippen molar-refractivity contribution in [2.45, 2.75) is 24.9 Å². The molecular weight excluding hydrogens is 208 g/mol. The third-order valence-corrected chi connectivity index (χ3v) is 3.92. The van der Waals surface area contributed by atoms with Gasteiger partial charge in [0, 0.05) is 0 Å². The Morgan fingerprint density at radius 3 is 1.73 bits per heavy atom. The van der Waals surface area contributed by atoms with Crippen LogP contribution in [0.25, 0.3) is 0 Å². The van der Waals surface area contributed by atoms with E-state index >= 15 is 0 Å². The van der Waals surface area contributed by atoms with Gasteiger partial charge in [0.25, 0.3) is 0 Å². The zero-order chi connectivity index (χ0) is 8.36. The highest BCUT2D eigenvalue weighted by Gasteiger charge is 1.92. The van der Waals surface area contributed by atoms with E-state index in [2.05, 4.69) is 25.3 Å². The Labute approximate surface area is 85.4 Å². The van der Waals surface area contributed by atoms with Crippen molar-refractivity contribution in [3.63, 3.8) is 0 Å². The highest BCUT2D eigenvalue weighted by Crippen LogP contribution is 1.94. The third kappa shape index (κ3) is 11.1. The average Bonchev–Trinajstić information content (AvgIpc) is 2.03. The second kappa shape index (κ2) is 11.1. The van der Waals surface area contributed by atoms with E-state index in [1.165, 1.54) is 24.9 Å². The first-order chi connectivity index (χ1) is 5.41. The van der Waals surface area contributed by atoms with Gasteiger partial charge < -0.3 is 4.12 Å². The fourth-order valence-corrected chi connectivity index (χ4v) is 3.23. The van der Waals surface area contributed by atoms with E-state index in [0.717, 1.165) is 11.5 Å². The lowest BCUT2D eigenvalue weighted by Crippen LogP contribution is -2.03. The van der Waals surface area contributed by atoms with Gasteiger partial charge in [-0.25, -0.2) is 0 Å². The van der Waals surface area contributed by atoms with Crippen molar-refractivity contribution in [3.05, 3.63) is 0 Å². The molecule has 0 aliphatic heterocycles. The Hall–Kier alpha value is 1.09. The monoisotopic (exact) mass is 222 g/mol. The van der Waals surface area contributed by atoms with Gasteiger partial charge >= 0.3 is 0 Å². The van der Waals surface area contributed by atoms with Crippen LogP contribution >= 0.6 is 25.3 Å². The van der Waals surface area contributed by atoms with E-state index in [4.69, 9.17) is 4.12 Å². The van der Waals surface area contributed by atoms with Crippen LogP contribution in [0.2, 0.25) is 12.1 Å². The molecule has 0 rings (SSSR count). The molecule has 0 unspecified atom stereocenters. The summed E-state index contributed by atoms with van der Waals surface area (Å²) in [7, 11) is 1.38. The summed E-state index contributed by atoms with van der Waals surface area (Å²) < 4.78 is 5.43. The summed E-state index contributed by atoms with van der Waals surface area (Å²) in [5.74, 6) is 1.96. The molecule has 0 heterocycles. The van der Waals surface area contributed by atoms with Crippen molar-refractivity contribution in [1.82, 2.24) is 0 Å². The van der Waals surface area contributed by atoms with Crippen molar-refractivity contribution in [1.29, 1.82) is 0 Å². The Kier molecular flexibility index (Phi) is 12.2. The van der Waals surface area contributed by atoms with Crippen molar-refractivity contribution in [2.75, 3.05) is 11.5 Å². The van der Waals surface area contributed by atoms with Gasteiger partial charge in [0.05, 0.1) is 0 Å². The maximum Gasteiger partial charge on any atom is 0.214 e. The van der Waals surface area contributed by atoms with Gasteiger partial charge in [0.2, 0.25) is 19.5 Å².